The number of hydrogen-bond acceptors (Lipinski definition) is 5. The molecule has 1 N–H and O–H groups in total. The number of likely N-dealkylation sites (tertiary alicyclic amines) is 1. The molecule has 2 heterocycles. The molecule has 25 heavy (non-hydrogen) atoms. The molecule has 0 saturated carbocycles. The van der Waals surface area contributed by atoms with Gasteiger partial charge < -0.3 is 24.4 Å². The van der Waals surface area contributed by atoms with Crippen molar-refractivity contribution in [1.29, 1.82) is 0 Å². The van der Waals surface area contributed by atoms with Crippen LogP contribution in [0.1, 0.15) is 0 Å². The molecule has 8 heteroatoms. The van der Waals surface area contributed by atoms with Gasteiger partial charge in [0.15, 0.2) is 0 Å². The Hall–Kier alpha value is -2.67. The molecule has 0 unspecified atom stereocenters. The number of hydrogen-bond donors (Lipinski definition) is 1. The van der Waals surface area contributed by atoms with Crippen molar-refractivity contribution in [2.45, 2.75) is 6.10 Å². The molecule has 0 radical (unpaired) electrons. The fourth-order valence-corrected chi connectivity index (χ4v) is 2.56. The molecule has 2 aromatic rings. The lowest BCUT2D eigenvalue weighted by Gasteiger charge is -2.38. The summed E-state index contributed by atoms with van der Waals surface area (Å²) in [5, 5.41) is 3.27. The summed E-state index contributed by atoms with van der Waals surface area (Å²) in [5.41, 5.74) is 0.574. The number of carbonyl (C=O) groups is 1. The number of urea groups is 1. The first-order valence-electron chi connectivity index (χ1n) is 7.66. The van der Waals surface area contributed by atoms with Crippen LogP contribution in [0.25, 0.3) is 0 Å². The standard InChI is InChI=1S/C17H18ClN3O4/c1-23-11-5-6-14(15(8-11)24-2)20-17(22)21-9-12(10-21)25-16-13(18)4-3-7-19-16/h3-8,12H,9-10H2,1-2H3,(H,20,22). The molecule has 1 saturated heterocycles. The highest BCUT2D eigenvalue weighted by Crippen LogP contribution is 2.30. The largest absolute Gasteiger partial charge is 0.497 e. The minimum Gasteiger partial charge on any atom is -0.497 e. The van der Waals surface area contributed by atoms with Crippen LogP contribution >= 0.6 is 11.6 Å². The molecule has 0 spiro atoms. The number of pyridine rings is 1. The van der Waals surface area contributed by atoms with E-state index >= 15 is 0 Å². The highest BCUT2D eigenvalue weighted by atomic mass is 35.5. The number of nitrogens with one attached hydrogen (secondary N) is 1. The summed E-state index contributed by atoms with van der Waals surface area (Å²) in [7, 11) is 3.11. The topological polar surface area (TPSA) is 72.9 Å². The SMILES string of the molecule is COc1ccc(NC(=O)N2CC(Oc3ncccc3Cl)C2)c(OC)c1. The number of anilines is 1. The van der Waals surface area contributed by atoms with Gasteiger partial charge in [-0.3, -0.25) is 0 Å². The normalized spacial score (nSPS) is 13.8. The molecular formula is C17H18ClN3O4. The lowest BCUT2D eigenvalue weighted by molar-refractivity contribution is 0.0461. The highest BCUT2D eigenvalue weighted by molar-refractivity contribution is 6.31. The van der Waals surface area contributed by atoms with Crippen molar-refractivity contribution < 1.29 is 19.0 Å². The minimum absolute atomic E-state index is 0.129. The highest BCUT2D eigenvalue weighted by Gasteiger charge is 2.33. The summed E-state index contributed by atoms with van der Waals surface area (Å²) in [4.78, 5) is 18.0. The van der Waals surface area contributed by atoms with E-state index < -0.39 is 0 Å². The van der Waals surface area contributed by atoms with Gasteiger partial charge >= 0.3 is 6.03 Å². The number of halogens is 1. The number of methoxy groups -OCH3 is 2. The summed E-state index contributed by atoms with van der Waals surface area (Å²) in [6.45, 7) is 0.911. The Labute approximate surface area is 150 Å². The van der Waals surface area contributed by atoms with E-state index in [9.17, 15) is 4.79 Å². The molecule has 1 aliphatic rings. The lowest BCUT2D eigenvalue weighted by atomic mass is 10.2. The number of carbonyl (C=O) groups excluding carboxylic acids is 1. The first-order valence-corrected chi connectivity index (χ1v) is 8.03. The number of ether oxygens (including phenoxy) is 3. The Bertz CT molecular complexity index is 765. The van der Waals surface area contributed by atoms with Gasteiger partial charge in [0.2, 0.25) is 5.88 Å². The van der Waals surface area contributed by atoms with Crippen LogP contribution in [-0.2, 0) is 0 Å². The zero-order valence-electron chi connectivity index (χ0n) is 13.9. The Balaban J connectivity index is 1.55. The summed E-state index contributed by atoms with van der Waals surface area (Å²) >= 11 is 6.01. The van der Waals surface area contributed by atoms with Crippen molar-refractivity contribution in [3.05, 3.63) is 41.6 Å². The lowest BCUT2D eigenvalue weighted by Crippen LogP contribution is -2.57. The van der Waals surface area contributed by atoms with E-state index in [1.54, 1.807) is 48.5 Å². The average Bonchev–Trinajstić information content (AvgIpc) is 2.59. The molecule has 0 bridgehead atoms. The molecule has 0 aliphatic carbocycles. The van der Waals surface area contributed by atoms with E-state index in [1.165, 1.54) is 7.11 Å². The second-order valence-electron chi connectivity index (χ2n) is 5.43. The maximum atomic E-state index is 12.3. The molecule has 2 amide bonds. The minimum atomic E-state index is -0.226. The molecule has 1 aromatic carbocycles. The fourth-order valence-electron chi connectivity index (χ4n) is 2.39. The van der Waals surface area contributed by atoms with E-state index in [1.807, 2.05) is 0 Å². The third-order valence-electron chi connectivity index (χ3n) is 3.79. The van der Waals surface area contributed by atoms with Gasteiger partial charge in [0.05, 0.1) is 33.0 Å². The maximum Gasteiger partial charge on any atom is 0.322 e. The summed E-state index contributed by atoms with van der Waals surface area (Å²) < 4.78 is 16.1. The molecular weight excluding hydrogens is 346 g/mol. The van der Waals surface area contributed by atoms with Gasteiger partial charge in [-0.25, -0.2) is 9.78 Å². The van der Waals surface area contributed by atoms with E-state index in [0.717, 1.165) is 0 Å². The van der Waals surface area contributed by atoms with Gasteiger partial charge in [-0.1, -0.05) is 11.6 Å². The van der Waals surface area contributed by atoms with E-state index in [2.05, 4.69) is 10.3 Å². The number of amides is 2. The zero-order valence-corrected chi connectivity index (χ0v) is 14.6. The molecule has 1 aromatic heterocycles. The quantitative estimate of drug-likeness (QED) is 0.883. The van der Waals surface area contributed by atoms with Crippen molar-refractivity contribution >= 4 is 23.3 Å². The van der Waals surface area contributed by atoms with Gasteiger partial charge in [-0.05, 0) is 24.3 Å². The summed E-state index contributed by atoms with van der Waals surface area (Å²) in [5.74, 6) is 1.56. The monoisotopic (exact) mass is 363 g/mol. The van der Waals surface area contributed by atoms with Gasteiger partial charge in [-0.15, -0.1) is 0 Å². The molecule has 132 valence electrons. The van der Waals surface area contributed by atoms with Gasteiger partial charge in [0.25, 0.3) is 0 Å². The number of nitrogens with zero attached hydrogens (tertiary/aromatic N) is 2. The van der Waals surface area contributed by atoms with Crippen molar-refractivity contribution in [1.82, 2.24) is 9.88 Å². The van der Waals surface area contributed by atoms with Crippen LogP contribution in [0.15, 0.2) is 36.5 Å². The smallest absolute Gasteiger partial charge is 0.322 e. The first kappa shape index (κ1) is 17.2. The van der Waals surface area contributed by atoms with Crippen LogP contribution in [0.4, 0.5) is 10.5 Å². The van der Waals surface area contributed by atoms with Crippen LogP contribution in [0.3, 0.4) is 0 Å². The Kier molecular flexibility index (Phi) is 5.14. The Morgan fingerprint density at radius 3 is 2.76 bits per heavy atom. The molecule has 1 fully saturated rings. The fraction of sp³-hybridized carbons (Fsp3) is 0.294. The first-order chi connectivity index (χ1) is 12.1. The van der Waals surface area contributed by atoms with Crippen LogP contribution in [0, 0.1) is 0 Å². The number of rotatable bonds is 5. The third kappa shape index (κ3) is 3.88. The molecule has 7 nitrogen and oxygen atoms in total. The van der Waals surface area contributed by atoms with E-state index in [0.29, 0.717) is 41.2 Å². The third-order valence-corrected chi connectivity index (χ3v) is 4.08. The molecule has 0 atom stereocenters. The van der Waals surface area contributed by atoms with E-state index in [-0.39, 0.29) is 12.1 Å². The van der Waals surface area contributed by atoms with Crippen LogP contribution < -0.4 is 19.5 Å². The van der Waals surface area contributed by atoms with Gasteiger partial charge in [0, 0.05) is 12.3 Å². The molecule has 3 rings (SSSR count). The van der Waals surface area contributed by atoms with Gasteiger partial charge in [-0.2, -0.15) is 0 Å². The van der Waals surface area contributed by atoms with Crippen LogP contribution in [-0.4, -0.2) is 49.3 Å². The second kappa shape index (κ2) is 7.48. The molecule has 1 aliphatic heterocycles. The zero-order chi connectivity index (χ0) is 17.8. The van der Waals surface area contributed by atoms with Crippen molar-refractivity contribution in [2.75, 3.05) is 32.6 Å². The Morgan fingerprint density at radius 1 is 1.28 bits per heavy atom. The summed E-state index contributed by atoms with van der Waals surface area (Å²) in [6, 6.07) is 8.41. The van der Waals surface area contributed by atoms with Crippen LogP contribution in [0.2, 0.25) is 5.02 Å². The van der Waals surface area contributed by atoms with Crippen molar-refractivity contribution in [2.24, 2.45) is 0 Å². The van der Waals surface area contributed by atoms with Gasteiger partial charge in [0.1, 0.15) is 22.6 Å². The van der Waals surface area contributed by atoms with E-state index in [4.69, 9.17) is 25.8 Å². The Morgan fingerprint density at radius 2 is 2.08 bits per heavy atom. The van der Waals surface area contributed by atoms with Crippen molar-refractivity contribution in [3.8, 4) is 17.4 Å². The maximum absolute atomic E-state index is 12.3. The van der Waals surface area contributed by atoms with Crippen LogP contribution in [0.5, 0.6) is 17.4 Å². The number of aromatic nitrogens is 1. The predicted molar refractivity (Wildman–Crippen MR) is 93.8 cm³/mol. The summed E-state index contributed by atoms with van der Waals surface area (Å²) in [6.07, 6.45) is 1.48. The predicted octanol–water partition coefficient (Wildman–Crippen LogP) is 3.05. The average molecular weight is 364 g/mol. The second-order valence-corrected chi connectivity index (χ2v) is 5.84. The number of benzene rings is 1. The van der Waals surface area contributed by atoms with Crippen molar-refractivity contribution in [3.63, 3.8) is 0 Å².